The number of hydrogen-bond donors (Lipinski definition) is 1. The zero-order chi connectivity index (χ0) is 14.7. The van der Waals surface area contributed by atoms with E-state index in [1.54, 1.807) is 19.2 Å². The molecule has 3 nitrogen and oxygen atoms in total. The Morgan fingerprint density at radius 3 is 2.45 bits per heavy atom. The van der Waals surface area contributed by atoms with Gasteiger partial charge in [-0.3, -0.25) is 0 Å². The molecule has 0 aliphatic heterocycles. The standard InChI is InChI=1S/C17H18O3/c1-11-6-5-7-14(17(11)20-4)12(2)13-8-9-16(19-3)15(18)10-13/h5-10,18H,2H2,1,3-4H3. The lowest BCUT2D eigenvalue weighted by atomic mass is 9.96. The van der Waals surface area contributed by atoms with Gasteiger partial charge in [-0.15, -0.1) is 0 Å². The molecular formula is C17H18O3. The zero-order valence-corrected chi connectivity index (χ0v) is 11.9. The van der Waals surface area contributed by atoms with E-state index in [9.17, 15) is 5.11 Å². The smallest absolute Gasteiger partial charge is 0.160 e. The van der Waals surface area contributed by atoms with Crippen molar-refractivity contribution in [2.24, 2.45) is 0 Å². The molecule has 0 aliphatic carbocycles. The van der Waals surface area contributed by atoms with Crippen molar-refractivity contribution in [1.29, 1.82) is 0 Å². The summed E-state index contributed by atoms with van der Waals surface area (Å²) in [5.41, 5.74) is 3.58. The molecule has 2 rings (SSSR count). The van der Waals surface area contributed by atoms with E-state index in [2.05, 4.69) is 6.58 Å². The fourth-order valence-corrected chi connectivity index (χ4v) is 2.19. The van der Waals surface area contributed by atoms with E-state index >= 15 is 0 Å². The van der Waals surface area contributed by atoms with Gasteiger partial charge in [0.1, 0.15) is 5.75 Å². The molecule has 0 bridgehead atoms. The van der Waals surface area contributed by atoms with Crippen LogP contribution in [0.2, 0.25) is 0 Å². The van der Waals surface area contributed by atoms with Crippen molar-refractivity contribution in [2.45, 2.75) is 6.92 Å². The summed E-state index contributed by atoms with van der Waals surface area (Å²) >= 11 is 0. The first-order valence-corrected chi connectivity index (χ1v) is 6.28. The molecule has 2 aromatic rings. The van der Waals surface area contributed by atoms with Crippen LogP contribution < -0.4 is 9.47 Å². The van der Waals surface area contributed by atoms with Crippen molar-refractivity contribution < 1.29 is 14.6 Å². The number of aromatic hydroxyl groups is 1. The molecule has 20 heavy (non-hydrogen) atoms. The van der Waals surface area contributed by atoms with Gasteiger partial charge >= 0.3 is 0 Å². The number of methoxy groups -OCH3 is 2. The molecule has 2 aromatic carbocycles. The van der Waals surface area contributed by atoms with Crippen molar-refractivity contribution in [3.05, 3.63) is 59.7 Å². The van der Waals surface area contributed by atoms with E-state index in [4.69, 9.17) is 9.47 Å². The SMILES string of the molecule is C=C(c1ccc(OC)c(O)c1)c1cccc(C)c1OC. The average molecular weight is 270 g/mol. The van der Waals surface area contributed by atoms with E-state index in [0.29, 0.717) is 5.75 Å². The maximum atomic E-state index is 9.87. The normalized spacial score (nSPS) is 10.2. The molecule has 0 radical (unpaired) electrons. The first-order valence-electron chi connectivity index (χ1n) is 6.28. The first-order chi connectivity index (χ1) is 9.58. The second-order valence-electron chi connectivity index (χ2n) is 4.52. The van der Waals surface area contributed by atoms with Gasteiger partial charge < -0.3 is 14.6 Å². The lowest BCUT2D eigenvalue weighted by Crippen LogP contribution is -1.95. The highest BCUT2D eigenvalue weighted by atomic mass is 16.5. The van der Waals surface area contributed by atoms with Crippen molar-refractivity contribution in [3.8, 4) is 17.2 Å². The van der Waals surface area contributed by atoms with Crippen molar-refractivity contribution in [1.82, 2.24) is 0 Å². The molecule has 0 aliphatic rings. The Kier molecular flexibility index (Phi) is 3.99. The monoisotopic (exact) mass is 270 g/mol. The van der Waals surface area contributed by atoms with E-state index in [1.165, 1.54) is 7.11 Å². The van der Waals surface area contributed by atoms with Crippen LogP contribution in [0.25, 0.3) is 5.57 Å². The van der Waals surface area contributed by atoms with Crippen LogP contribution in [0, 0.1) is 6.92 Å². The van der Waals surface area contributed by atoms with Crippen molar-refractivity contribution in [3.63, 3.8) is 0 Å². The third-order valence-electron chi connectivity index (χ3n) is 3.27. The second kappa shape index (κ2) is 5.70. The van der Waals surface area contributed by atoms with E-state index < -0.39 is 0 Å². The van der Waals surface area contributed by atoms with Gasteiger partial charge in [-0.05, 0) is 35.8 Å². The van der Waals surface area contributed by atoms with Gasteiger partial charge in [0, 0.05) is 5.56 Å². The number of phenols is 1. The number of hydrogen-bond acceptors (Lipinski definition) is 3. The summed E-state index contributed by atoms with van der Waals surface area (Å²) in [6, 6.07) is 11.1. The number of para-hydroxylation sites is 1. The predicted molar refractivity (Wildman–Crippen MR) is 80.5 cm³/mol. The maximum Gasteiger partial charge on any atom is 0.160 e. The van der Waals surface area contributed by atoms with Crippen LogP contribution in [0.3, 0.4) is 0 Å². The summed E-state index contributed by atoms with van der Waals surface area (Å²) in [6.07, 6.45) is 0. The van der Waals surface area contributed by atoms with Gasteiger partial charge in [0.25, 0.3) is 0 Å². The summed E-state index contributed by atoms with van der Waals surface area (Å²) in [4.78, 5) is 0. The minimum atomic E-state index is 0.0952. The number of phenolic OH excluding ortho intramolecular Hbond substituents is 1. The van der Waals surface area contributed by atoms with Gasteiger partial charge in [0.15, 0.2) is 11.5 Å². The topological polar surface area (TPSA) is 38.7 Å². The lowest BCUT2D eigenvalue weighted by Gasteiger charge is -2.14. The Labute approximate surface area is 119 Å². The minimum absolute atomic E-state index is 0.0952. The highest BCUT2D eigenvalue weighted by Gasteiger charge is 2.12. The number of rotatable bonds is 4. The largest absolute Gasteiger partial charge is 0.504 e. The molecule has 0 atom stereocenters. The highest BCUT2D eigenvalue weighted by molar-refractivity contribution is 5.82. The fraction of sp³-hybridized carbons (Fsp3) is 0.176. The molecular weight excluding hydrogens is 252 g/mol. The summed E-state index contributed by atoms with van der Waals surface area (Å²) in [5.74, 6) is 1.34. The summed E-state index contributed by atoms with van der Waals surface area (Å²) in [5, 5.41) is 9.87. The highest BCUT2D eigenvalue weighted by Crippen LogP contribution is 2.35. The molecule has 3 heteroatoms. The second-order valence-corrected chi connectivity index (χ2v) is 4.52. The summed E-state index contributed by atoms with van der Waals surface area (Å²) < 4.78 is 10.5. The van der Waals surface area contributed by atoms with Gasteiger partial charge in [0.05, 0.1) is 14.2 Å². The Balaban J connectivity index is 2.46. The van der Waals surface area contributed by atoms with Gasteiger partial charge in [-0.2, -0.15) is 0 Å². The van der Waals surface area contributed by atoms with Gasteiger partial charge in [-0.25, -0.2) is 0 Å². The van der Waals surface area contributed by atoms with Crippen molar-refractivity contribution in [2.75, 3.05) is 14.2 Å². The summed E-state index contributed by atoms with van der Waals surface area (Å²) in [6.45, 7) is 6.10. The maximum absolute atomic E-state index is 9.87. The molecule has 0 fully saturated rings. The Morgan fingerprint density at radius 1 is 1.10 bits per heavy atom. The van der Waals surface area contributed by atoms with Crippen LogP contribution in [0.4, 0.5) is 0 Å². The van der Waals surface area contributed by atoms with Crippen LogP contribution in [0.1, 0.15) is 16.7 Å². The molecule has 0 amide bonds. The van der Waals surface area contributed by atoms with E-state index in [1.807, 2.05) is 31.2 Å². The number of ether oxygens (including phenoxy) is 2. The quantitative estimate of drug-likeness (QED) is 0.919. The molecule has 0 saturated carbocycles. The Morgan fingerprint density at radius 2 is 1.85 bits per heavy atom. The number of benzene rings is 2. The van der Waals surface area contributed by atoms with Gasteiger partial charge in [0.2, 0.25) is 0 Å². The third kappa shape index (κ3) is 2.48. The van der Waals surface area contributed by atoms with E-state index in [0.717, 1.165) is 28.0 Å². The average Bonchev–Trinajstić information content (AvgIpc) is 2.46. The summed E-state index contributed by atoms with van der Waals surface area (Å²) in [7, 11) is 3.16. The van der Waals surface area contributed by atoms with Crippen LogP contribution >= 0.6 is 0 Å². The Hall–Kier alpha value is -2.42. The van der Waals surface area contributed by atoms with Crippen LogP contribution in [-0.2, 0) is 0 Å². The predicted octanol–water partition coefficient (Wildman–Crippen LogP) is 3.78. The van der Waals surface area contributed by atoms with Crippen molar-refractivity contribution >= 4 is 5.57 Å². The number of aryl methyl sites for hydroxylation is 1. The van der Waals surface area contributed by atoms with Crippen LogP contribution in [0.15, 0.2) is 43.0 Å². The minimum Gasteiger partial charge on any atom is -0.504 e. The zero-order valence-electron chi connectivity index (χ0n) is 11.9. The van der Waals surface area contributed by atoms with E-state index in [-0.39, 0.29) is 5.75 Å². The molecule has 0 unspecified atom stereocenters. The third-order valence-corrected chi connectivity index (χ3v) is 3.27. The van der Waals surface area contributed by atoms with Crippen LogP contribution in [-0.4, -0.2) is 19.3 Å². The molecule has 0 spiro atoms. The first kappa shape index (κ1) is 14.0. The molecule has 1 N–H and O–H groups in total. The molecule has 0 aromatic heterocycles. The molecule has 104 valence electrons. The molecule has 0 saturated heterocycles. The van der Waals surface area contributed by atoms with Gasteiger partial charge in [-0.1, -0.05) is 30.8 Å². The van der Waals surface area contributed by atoms with Crippen LogP contribution in [0.5, 0.6) is 17.2 Å². The Bertz CT molecular complexity index is 645. The fourth-order valence-electron chi connectivity index (χ4n) is 2.19. The lowest BCUT2D eigenvalue weighted by molar-refractivity contribution is 0.373. The molecule has 0 heterocycles.